The molecule has 1 amide bonds. The normalized spacial score (nSPS) is 25.9. The fraction of sp³-hybridized carbons (Fsp3) is 0.411. The first kappa shape index (κ1) is 41.3. The molecule has 0 unspecified atom stereocenters. The zero-order valence-electron chi connectivity index (χ0n) is 36.9. The summed E-state index contributed by atoms with van der Waals surface area (Å²) < 4.78 is 18.1. The summed E-state index contributed by atoms with van der Waals surface area (Å²) in [6, 6.07) is 35.3. The van der Waals surface area contributed by atoms with Crippen LogP contribution in [0.1, 0.15) is 145 Å². The molecule has 324 valence electrons. The smallest absolute Gasteiger partial charge is 0.407 e. The van der Waals surface area contributed by atoms with E-state index in [1.54, 1.807) is 24.3 Å². The van der Waals surface area contributed by atoms with Crippen molar-refractivity contribution in [2.24, 2.45) is 17.8 Å². The van der Waals surface area contributed by atoms with Crippen LogP contribution in [0.15, 0.2) is 109 Å². The van der Waals surface area contributed by atoms with E-state index in [0.717, 1.165) is 56.9 Å². The van der Waals surface area contributed by atoms with Gasteiger partial charge in [0.2, 0.25) is 0 Å². The third-order valence-corrected chi connectivity index (χ3v) is 16.2. The number of rotatable bonds is 7. The second-order valence-corrected chi connectivity index (χ2v) is 19.7. The second kappa shape index (κ2) is 16.8. The van der Waals surface area contributed by atoms with E-state index in [4.69, 9.17) is 14.2 Å². The Morgan fingerprint density at radius 1 is 0.603 bits per heavy atom. The van der Waals surface area contributed by atoms with E-state index in [0.29, 0.717) is 34.5 Å². The number of amides is 1. The lowest BCUT2D eigenvalue weighted by atomic mass is 9.57. The summed E-state index contributed by atoms with van der Waals surface area (Å²) in [5.74, 6) is 1.57. The van der Waals surface area contributed by atoms with Gasteiger partial charge in [-0.3, -0.25) is 0 Å². The molecule has 0 aliphatic heterocycles. The molecule has 0 aromatic heterocycles. The van der Waals surface area contributed by atoms with Gasteiger partial charge >= 0.3 is 18.0 Å². The Bertz CT molecular complexity index is 2520. The van der Waals surface area contributed by atoms with Crippen LogP contribution in [-0.2, 0) is 28.4 Å². The van der Waals surface area contributed by atoms with Crippen LogP contribution in [0.25, 0.3) is 11.1 Å². The van der Waals surface area contributed by atoms with Crippen LogP contribution >= 0.6 is 0 Å². The summed E-state index contributed by atoms with van der Waals surface area (Å²) in [6.07, 6.45) is 13.0. The first-order valence-electron chi connectivity index (χ1n) is 23.5. The van der Waals surface area contributed by atoms with E-state index in [9.17, 15) is 14.4 Å². The van der Waals surface area contributed by atoms with E-state index in [1.165, 1.54) is 64.6 Å². The Morgan fingerprint density at radius 3 is 1.70 bits per heavy atom. The maximum Gasteiger partial charge on any atom is 0.407 e. The summed E-state index contributed by atoms with van der Waals surface area (Å²) in [5, 5.41) is 3.38. The Balaban J connectivity index is 0.813. The van der Waals surface area contributed by atoms with E-state index in [2.05, 4.69) is 80.7 Å². The van der Waals surface area contributed by atoms with Crippen molar-refractivity contribution in [1.29, 1.82) is 0 Å². The summed E-state index contributed by atoms with van der Waals surface area (Å²) >= 11 is 0. The maximum absolute atomic E-state index is 13.8. The number of alkyl carbamates (subject to hydrolysis) is 1. The van der Waals surface area contributed by atoms with E-state index < -0.39 is 18.0 Å². The topological polar surface area (TPSA) is 90.9 Å². The average Bonchev–Trinajstić information content (AvgIpc) is 3.61. The van der Waals surface area contributed by atoms with Crippen molar-refractivity contribution in [3.63, 3.8) is 0 Å². The van der Waals surface area contributed by atoms with Gasteiger partial charge in [0.15, 0.2) is 0 Å². The fourth-order valence-electron chi connectivity index (χ4n) is 12.5. The first-order valence-corrected chi connectivity index (χ1v) is 23.5. The molecule has 1 N–H and O–H groups in total. The first-order chi connectivity index (χ1) is 30.6. The second-order valence-electron chi connectivity index (χ2n) is 19.7. The average molecular weight is 842 g/mol. The van der Waals surface area contributed by atoms with Gasteiger partial charge in [0.1, 0.15) is 18.1 Å². The maximum atomic E-state index is 13.8. The van der Waals surface area contributed by atoms with Crippen molar-refractivity contribution in [2.45, 2.75) is 121 Å². The molecule has 5 aromatic carbocycles. The highest BCUT2D eigenvalue weighted by Crippen LogP contribution is 2.51. The van der Waals surface area contributed by atoms with Crippen LogP contribution in [0.3, 0.4) is 0 Å². The lowest BCUT2D eigenvalue weighted by Crippen LogP contribution is -2.57. The van der Waals surface area contributed by atoms with Crippen molar-refractivity contribution >= 4 is 18.0 Å². The van der Waals surface area contributed by atoms with Gasteiger partial charge in [-0.25, -0.2) is 14.4 Å². The molecule has 63 heavy (non-hydrogen) atoms. The molecule has 0 saturated heterocycles. The summed E-state index contributed by atoms with van der Waals surface area (Å²) in [6.45, 7) is 7.33. The molecule has 5 aliphatic carbocycles. The van der Waals surface area contributed by atoms with Gasteiger partial charge in [-0.15, -0.1) is 0 Å². The zero-order chi connectivity index (χ0) is 43.3. The predicted octanol–water partition coefficient (Wildman–Crippen LogP) is 12.5. The van der Waals surface area contributed by atoms with Crippen LogP contribution in [-0.4, -0.2) is 30.7 Å². The van der Waals surface area contributed by atoms with Gasteiger partial charge in [0, 0.05) is 17.4 Å². The number of hydrogen-bond acceptors (Lipinski definition) is 6. The molecule has 7 nitrogen and oxygen atoms in total. The number of nitrogens with one attached hydrogen (secondary N) is 1. The largest absolute Gasteiger partial charge is 0.449 e. The molecule has 0 radical (unpaired) electrons. The predicted molar refractivity (Wildman–Crippen MR) is 246 cm³/mol. The molecule has 5 aromatic rings. The highest BCUT2D eigenvalue weighted by atomic mass is 16.6. The number of carbonyl (C=O) groups excluding carboxylic acids is 3. The van der Waals surface area contributed by atoms with Crippen LogP contribution < -0.4 is 14.8 Å². The van der Waals surface area contributed by atoms with Gasteiger partial charge in [0.25, 0.3) is 0 Å². The zero-order valence-corrected chi connectivity index (χ0v) is 36.9. The van der Waals surface area contributed by atoms with Crippen molar-refractivity contribution in [3.05, 3.63) is 154 Å². The fourth-order valence-corrected chi connectivity index (χ4v) is 12.5. The lowest BCUT2D eigenvalue weighted by Gasteiger charge is -2.49. The molecule has 0 spiro atoms. The van der Waals surface area contributed by atoms with Crippen LogP contribution in [0.2, 0.25) is 0 Å². The van der Waals surface area contributed by atoms with Gasteiger partial charge in [-0.2, -0.15) is 0 Å². The van der Waals surface area contributed by atoms with Gasteiger partial charge in [-0.1, -0.05) is 120 Å². The highest BCUT2D eigenvalue weighted by Gasteiger charge is 2.47. The third-order valence-electron chi connectivity index (χ3n) is 16.2. The summed E-state index contributed by atoms with van der Waals surface area (Å²) in [4.78, 5) is 40.8. The van der Waals surface area contributed by atoms with Crippen molar-refractivity contribution in [3.8, 4) is 22.6 Å². The molecular formula is C56H59NO6. The van der Waals surface area contributed by atoms with Gasteiger partial charge < -0.3 is 19.5 Å². The number of carbonyl (C=O) groups is 3. The number of fused-ring (bicyclic) bond motifs is 11. The van der Waals surface area contributed by atoms with Crippen LogP contribution in [0.5, 0.6) is 11.5 Å². The highest BCUT2D eigenvalue weighted by molar-refractivity contribution is 5.95. The summed E-state index contributed by atoms with van der Waals surface area (Å²) in [7, 11) is 0. The molecule has 5 aliphatic rings. The van der Waals surface area contributed by atoms with Gasteiger partial charge in [-0.05, 0) is 155 Å². The molecule has 7 heteroatoms. The molecule has 6 atom stereocenters. The van der Waals surface area contributed by atoms with Crippen LogP contribution in [0, 0.1) is 17.8 Å². The molecule has 2 fully saturated rings. The molecule has 4 bridgehead atoms. The van der Waals surface area contributed by atoms with Crippen LogP contribution in [0.4, 0.5) is 4.79 Å². The number of ether oxygens (including phenoxy) is 3. The quantitative estimate of drug-likeness (QED) is 0.130. The number of benzene rings is 5. The summed E-state index contributed by atoms with van der Waals surface area (Å²) in [5.41, 5.74) is 10.2. The minimum Gasteiger partial charge on any atom is -0.449 e. The number of hydrogen-bond donors (Lipinski definition) is 1. The minimum atomic E-state index is -0.505. The van der Waals surface area contributed by atoms with Gasteiger partial charge in [0.05, 0.1) is 11.1 Å². The Morgan fingerprint density at radius 2 is 1.11 bits per heavy atom. The van der Waals surface area contributed by atoms with Crippen molar-refractivity contribution < 1.29 is 28.6 Å². The monoisotopic (exact) mass is 841 g/mol. The third kappa shape index (κ3) is 7.65. The van der Waals surface area contributed by atoms with E-state index >= 15 is 0 Å². The lowest BCUT2D eigenvalue weighted by molar-refractivity contribution is 0.0719. The van der Waals surface area contributed by atoms with Crippen molar-refractivity contribution in [2.75, 3.05) is 6.61 Å². The Labute approximate surface area is 371 Å². The van der Waals surface area contributed by atoms with E-state index in [1.807, 2.05) is 30.3 Å². The molecule has 2 saturated carbocycles. The Hall–Kier alpha value is -5.69. The van der Waals surface area contributed by atoms with E-state index in [-0.39, 0.29) is 35.3 Å². The van der Waals surface area contributed by atoms with Crippen molar-refractivity contribution in [1.82, 2.24) is 5.32 Å². The Kier molecular flexibility index (Phi) is 11.0. The standard InChI is InChI=1S/C56H59NO6/c1-35-38-14-6-4-12-28-55(35,2)49-32-42(26-24-39(49)30-38)62-52(58)36-20-22-37(23-21-36)53(59)63-43-27-25-40-31-41-15-7-5-13-29-56(3,50(40)33-43)51(41)57-54(60)61-34-48-46-18-10-8-16-44(46)45-17-9-11-19-47(45)48/h8-11,16-27,32-33,35,38,41,48,51H,4-7,12-15,28-31,34H2,1-3H3,(H,57,60)/t35-,38-,41-,51-,55-,56+/m0/s1. The number of esters is 2. The molecule has 0 heterocycles. The molecule has 10 rings (SSSR count). The SMILES string of the molecule is C[C@H]1[C@H]2CCCCC[C@]1(C)c1cc(OC(=O)c3ccc(C(=O)Oc4ccc5c(c4)[C@@]4(C)CCCCC[C@@H](C5)[C@@H]4NC(=O)OCC4c5ccccc5-c5ccccc54)cc3)ccc1C2. The molecular weight excluding hydrogens is 783 g/mol. The minimum absolute atomic E-state index is 0.0137.